The highest BCUT2D eigenvalue weighted by molar-refractivity contribution is 7.98. The normalized spacial score (nSPS) is 11.7. The summed E-state index contributed by atoms with van der Waals surface area (Å²) >= 11 is 2.82. The summed E-state index contributed by atoms with van der Waals surface area (Å²) < 4.78 is 40.8. The molecule has 1 N–H and O–H groups in total. The first-order chi connectivity index (χ1) is 10.5. The lowest BCUT2D eigenvalue weighted by Gasteiger charge is -2.04. The fourth-order valence-electron chi connectivity index (χ4n) is 1.92. The number of hydrogen-bond donors (Lipinski definition) is 1. The molecule has 8 heteroatoms. The summed E-state index contributed by atoms with van der Waals surface area (Å²) in [6, 6.07) is 10.4. The molecule has 2 aromatic carbocycles. The van der Waals surface area contributed by atoms with Crippen molar-refractivity contribution in [2.45, 2.75) is 9.79 Å². The third-order valence-electron chi connectivity index (χ3n) is 2.95. The molecule has 3 aromatic rings. The van der Waals surface area contributed by atoms with E-state index in [1.807, 2.05) is 24.5 Å². The van der Waals surface area contributed by atoms with Gasteiger partial charge in [0, 0.05) is 4.90 Å². The number of aromatic nitrogens is 1. The predicted molar refractivity (Wildman–Crippen MR) is 88.6 cm³/mol. The van der Waals surface area contributed by atoms with E-state index >= 15 is 0 Å². The van der Waals surface area contributed by atoms with Crippen LogP contribution in [0.25, 0.3) is 10.2 Å². The first-order valence-corrected chi connectivity index (χ1v) is 9.74. The van der Waals surface area contributed by atoms with Gasteiger partial charge in [0.1, 0.15) is 5.82 Å². The molecule has 0 atom stereocenters. The monoisotopic (exact) mass is 354 g/mol. The molecule has 3 rings (SSSR count). The zero-order valence-electron chi connectivity index (χ0n) is 11.4. The summed E-state index contributed by atoms with van der Waals surface area (Å²) in [5, 5.41) is 0.292. The summed E-state index contributed by atoms with van der Waals surface area (Å²) in [5.41, 5.74) is 0.775. The van der Waals surface area contributed by atoms with Gasteiger partial charge in [0.15, 0.2) is 5.13 Å². The second-order valence-electron chi connectivity index (χ2n) is 4.39. The SMILES string of the molecule is CSc1cccc2sc(NS(=O)(=O)c3ccc(F)cc3)nc12. The zero-order chi connectivity index (χ0) is 15.7. The number of nitrogens with zero attached hydrogens (tertiary/aromatic N) is 1. The second kappa shape index (κ2) is 5.86. The molecule has 0 unspecified atom stereocenters. The molecule has 0 saturated carbocycles. The summed E-state index contributed by atoms with van der Waals surface area (Å²) in [7, 11) is -3.77. The van der Waals surface area contributed by atoms with Crippen LogP contribution in [0.15, 0.2) is 52.3 Å². The van der Waals surface area contributed by atoms with E-state index < -0.39 is 15.8 Å². The van der Waals surface area contributed by atoms with Crippen molar-refractivity contribution < 1.29 is 12.8 Å². The van der Waals surface area contributed by atoms with Gasteiger partial charge in [0.05, 0.1) is 15.1 Å². The number of sulfonamides is 1. The van der Waals surface area contributed by atoms with Crippen molar-refractivity contribution in [1.82, 2.24) is 4.98 Å². The van der Waals surface area contributed by atoms with E-state index in [0.29, 0.717) is 5.13 Å². The maximum atomic E-state index is 12.9. The van der Waals surface area contributed by atoms with Crippen LogP contribution in [0.4, 0.5) is 9.52 Å². The van der Waals surface area contributed by atoms with Crippen molar-refractivity contribution in [3.63, 3.8) is 0 Å². The topological polar surface area (TPSA) is 59.1 Å². The van der Waals surface area contributed by atoms with Gasteiger partial charge >= 0.3 is 0 Å². The number of nitrogens with one attached hydrogen (secondary N) is 1. The summed E-state index contributed by atoms with van der Waals surface area (Å²) in [6.45, 7) is 0. The van der Waals surface area contributed by atoms with Crippen LogP contribution < -0.4 is 4.72 Å². The van der Waals surface area contributed by atoms with E-state index in [-0.39, 0.29) is 4.90 Å². The average Bonchev–Trinajstić information content (AvgIpc) is 2.89. The molecule has 0 radical (unpaired) electrons. The largest absolute Gasteiger partial charge is 0.263 e. The maximum absolute atomic E-state index is 12.9. The summed E-state index contributed by atoms with van der Waals surface area (Å²) in [5.74, 6) is -0.483. The van der Waals surface area contributed by atoms with Crippen molar-refractivity contribution in [1.29, 1.82) is 0 Å². The van der Waals surface area contributed by atoms with Crippen LogP contribution in [0.1, 0.15) is 0 Å². The molecule has 0 aliphatic carbocycles. The minimum absolute atomic E-state index is 0.00162. The third kappa shape index (κ3) is 2.94. The van der Waals surface area contributed by atoms with Crippen molar-refractivity contribution in [3.05, 3.63) is 48.3 Å². The van der Waals surface area contributed by atoms with Crippen LogP contribution in [-0.4, -0.2) is 19.7 Å². The highest BCUT2D eigenvalue weighted by Crippen LogP contribution is 2.33. The van der Waals surface area contributed by atoms with Gasteiger partial charge in [0.25, 0.3) is 10.0 Å². The van der Waals surface area contributed by atoms with Crippen LogP contribution in [0.3, 0.4) is 0 Å². The number of rotatable bonds is 4. The van der Waals surface area contributed by atoms with Crippen molar-refractivity contribution in [3.8, 4) is 0 Å². The molecular formula is C14H11FN2O2S3. The number of anilines is 1. The van der Waals surface area contributed by atoms with Gasteiger partial charge in [-0.2, -0.15) is 0 Å². The number of thiazole rings is 1. The van der Waals surface area contributed by atoms with E-state index in [1.165, 1.54) is 23.5 Å². The molecule has 0 fully saturated rings. The number of benzene rings is 2. The van der Waals surface area contributed by atoms with Gasteiger partial charge in [-0.05, 0) is 42.7 Å². The first-order valence-electron chi connectivity index (χ1n) is 6.21. The Hall–Kier alpha value is -1.64. The highest BCUT2D eigenvalue weighted by atomic mass is 32.2. The molecule has 0 bridgehead atoms. The summed E-state index contributed by atoms with van der Waals surface area (Å²) in [4.78, 5) is 5.33. The lowest BCUT2D eigenvalue weighted by molar-refractivity contribution is 0.599. The predicted octanol–water partition coefficient (Wildman–Crippen LogP) is 3.96. The molecule has 22 heavy (non-hydrogen) atoms. The molecule has 0 amide bonds. The molecule has 0 aliphatic rings. The maximum Gasteiger partial charge on any atom is 0.263 e. The Morgan fingerprint density at radius 2 is 1.91 bits per heavy atom. The molecular weight excluding hydrogens is 343 g/mol. The zero-order valence-corrected chi connectivity index (χ0v) is 13.9. The fourth-order valence-corrected chi connectivity index (χ4v) is 4.68. The number of hydrogen-bond acceptors (Lipinski definition) is 5. The Morgan fingerprint density at radius 1 is 1.18 bits per heavy atom. The van der Waals surface area contributed by atoms with E-state index in [9.17, 15) is 12.8 Å². The Bertz CT molecular complexity index is 921. The summed E-state index contributed by atoms with van der Waals surface area (Å²) in [6.07, 6.45) is 1.94. The van der Waals surface area contributed by atoms with E-state index in [0.717, 1.165) is 27.2 Å². The van der Waals surface area contributed by atoms with Gasteiger partial charge in [-0.25, -0.2) is 17.8 Å². The van der Waals surface area contributed by atoms with Crippen molar-refractivity contribution in [2.75, 3.05) is 11.0 Å². The number of thioether (sulfide) groups is 1. The fraction of sp³-hybridized carbons (Fsp3) is 0.0714. The Kier molecular flexibility index (Phi) is 4.07. The molecule has 0 aliphatic heterocycles. The quantitative estimate of drug-likeness (QED) is 0.721. The van der Waals surface area contributed by atoms with Crippen LogP contribution in [0.5, 0.6) is 0 Å². The minimum Gasteiger partial charge on any atom is -0.255 e. The lowest BCUT2D eigenvalue weighted by Crippen LogP contribution is -2.12. The Balaban J connectivity index is 1.97. The first kappa shape index (κ1) is 15.3. The number of fused-ring (bicyclic) bond motifs is 1. The smallest absolute Gasteiger partial charge is 0.255 e. The van der Waals surface area contributed by atoms with Gasteiger partial charge < -0.3 is 0 Å². The molecule has 114 valence electrons. The third-order valence-corrected chi connectivity index (χ3v) is 6.14. The van der Waals surface area contributed by atoms with Crippen LogP contribution in [-0.2, 0) is 10.0 Å². The minimum atomic E-state index is -3.77. The van der Waals surface area contributed by atoms with Crippen molar-refractivity contribution in [2.24, 2.45) is 0 Å². The lowest BCUT2D eigenvalue weighted by atomic mass is 10.3. The average molecular weight is 354 g/mol. The molecule has 4 nitrogen and oxygen atoms in total. The Labute approximate surface area is 135 Å². The molecule has 0 spiro atoms. The van der Waals surface area contributed by atoms with Crippen LogP contribution in [0.2, 0.25) is 0 Å². The van der Waals surface area contributed by atoms with Crippen LogP contribution in [0, 0.1) is 5.82 Å². The highest BCUT2D eigenvalue weighted by Gasteiger charge is 2.17. The van der Waals surface area contributed by atoms with Gasteiger partial charge in [-0.15, -0.1) is 11.8 Å². The number of halogens is 1. The van der Waals surface area contributed by atoms with Gasteiger partial charge in [-0.1, -0.05) is 17.4 Å². The van der Waals surface area contributed by atoms with E-state index in [4.69, 9.17) is 0 Å². The molecule has 1 heterocycles. The standard InChI is InChI=1S/C14H11FN2O2S3/c1-20-11-3-2-4-12-13(11)16-14(21-12)17-22(18,19)10-7-5-9(15)6-8-10/h2-8H,1H3,(H,16,17). The van der Waals surface area contributed by atoms with E-state index in [2.05, 4.69) is 9.71 Å². The second-order valence-corrected chi connectivity index (χ2v) is 7.95. The number of para-hydroxylation sites is 1. The van der Waals surface area contributed by atoms with Gasteiger partial charge in [0.2, 0.25) is 0 Å². The molecule has 1 aromatic heterocycles. The van der Waals surface area contributed by atoms with Crippen molar-refractivity contribution >= 4 is 48.5 Å². The molecule has 0 saturated heterocycles. The van der Waals surface area contributed by atoms with Crippen LogP contribution >= 0.6 is 23.1 Å². The Morgan fingerprint density at radius 3 is 2.59 bits per heavy atom. The van der Waals surface area contributed by atoms with E-state index in [1.54, 1.807) is 11.8 Å². The van der Waals surface area contributed by atoms with Gasteiger partial charge in [-0.3, -0.25) is 4.72 Å².